The van der Waals surface area contributed by atoms with Crippen molar-refractivity contribution in [3.05, 3.63) is 54.1 Å². The van der Waals surface area contributed by atoms with Gasteiger partial charge in [0.15, 0.2) is 5.82 Å². The van der Waals surface area contributed by atoms with Crippen molar-refractivity contribution in [2.24, 2.45) is 0 Å². The number of hydrogen-bond donors (Lipinski definition) is 1. The molecule has 1 unspecified atom stereocenters. The molecule has 0 amide bonds. The molecule has 1 aromatic carbocycles. The van der Waals surface area contributed by atoms with Crippen LogP contribution in [0.3, 0.4) is 0 Å². The maximum atomic E-state index is 10.0. The highest BCUT2D eigenvalue weighted by atomic mass is 16.5. The molecule has 1 atom stereocenters. The summed E-state index contributed by atoms with van der Waals surface area (Å²) < 4.78 is 5.33. The molecule has 0 spiro atoms. The second kappa shape index (κ2) is 5.41. The van der Waals surface area contributed by atoms with Gasteiger partial charge in [-0.25, -0.2) is 9.97 Å². The van der Waals surface area contributed by atoms with E-state index >= 15 is 0 Å². The first kappa shape index (κ1) is 11.5. The van der Waals surface area contributed by atoms with Crippen molar-refractivity contribution in [3.63, 3.8) is 0 Å². The van der Waals surface area contributed by atoms with Gasteiger partial charge in [0, 0.05) is 12.4 Å². The predicted octanol–water partition coefficient (Wildman–Crippen LogP) is 1.96. The van der Waals surface area contributed by atoms with Crippen LogP contribution in [-0.4, -0.2) is 21.7 Å². The van der Waals surface area contributed by atoms with Gasteiger partial charge in [0.2, 0.25) is 0 Å². The van der Waals surface area contributed by atoms with Crippen molar-refractivity contribution in [2.75, 3.05) is 6.61 Å². The molecule has 4 heteroatoms. The van der Waals surface area contributed by atoms with Crippen LogP contribution in [0.4, 0.5) is 0 Å². The van der Waals surface area contributed by atoms with E-state index in [9.17, 15) is 5.11 Å². The maximum absolute atomic E-state index is 10.0. The highest BCUT2D eigenvalue weighted by molar-refractivity contribution is 5.30. The summed E-state index contributed by atoms with van der Waals surface area (Å²) in [5.41, 5.74) is 0.750. The zero-order valence-corrected chi connectivity index (χ0v) is 9.58. The summed E-state index contributed by atoms with van der Waals surface area (Å²) in [7, 11) is 0. The topological polar surface area (TPSA) is 55.2 Å². The summed E-state index contributed by atoms with van der Waals surface area (Å²) in [6.45, 7) is 2.56. The molecule has 1 aromatic heterocycles. The number of ether oxygens (including phenoxy) is 1. The van der Waals surface area contributed by atoms with E-state index in [-0.39, 0.29) is 0 Å². The van der Waals surface area contributed by atoms with Crippen LogP contribution in [0.2, 0.25) is 0 Å². The molecule has 0 aliphatic rings. The van der Waals surface area contributed by atoms with Crippen LogP contribution >= 0.6 is 0 Å². The summed E-state index contributed by atoms with van der Waals surface area (Å²) in [6, 6.07) is 8.99. The molecular weight excluding hydrogens is 216 g/mol. The Labute approximate surface area is 99.9 Å². The van der Waals surface area contributed by atoms with Gasteiger partial charge in [-0.2, -0.15) is 0 Å². The largest absolute Gasteiger partial charge is 0.494 e. The van der Waals surface area contributed by atoms with Gasteiger partial charge in [0.25, 0.3) is 0 Å². The lowest BCUT2D eigenvalue weighted by molar-refractivity contribution is 0.209. The highest BCUT2D eigenvalue weighted by Crippen LogP contribution is 2.21. The van der Waals surface area contributed by atoms with Gasteiger partial charge in [0.05, 0.1) is 6.61 Å². The molecule has 0 aliphatic carbocycles. The third-order valence-electron chi connectivity index (χ3n) is 2.34. The molecule has 0 saturated heterocycles. The molecule has 0 saturated carbocycles. The summed E-state index contributed by atoms with van der Waals surface area (Å²) in [5, 5.41) is 10.0. The van der Waals surface area contributed by atoms with Gasteiger partial charge >= 0.3 is 0 Å². The smallest absolute Gasteiger partial charge is 0.161 e. The average Bonchev–Trinajstić information content (AvgIpc) is 2.40. The van der Waals surface area contributed by atoms with Crippen molar-refractivity contribution in [1.82, 2.24) is 9.97 Å². The lowest BCUT2D eigenvalue weighted by Crippen LogP contribution is -2.04. The highest BCUT2D eigenvalue weighted by Gasteiger charge is 2.12. The first-order valence-electron chi connectivity index (χ1n) is 5.49. The van der Waals surface area contributed by atoms with Crippen LogP contribution in [0.1, 0.15) is 24.4 Å². The van der Waals surface area contributed by atoms with E-state index in [0.717, 1.165) is 11.3 Å². The number of aromatic nitrogens is 2. The molecule has 1 heterocycles. The van der Waals surface area contributed by atoms with Gasteiger partial charge in [-0.05, 0) is 30.7 Å². The molecule has 0 aliphatic heterocycles. The lowest BCUT2D eigenvalue weighted by Gasteiger charge is -2.10. The van der Waals surface area contributed by atoms with Crippen LogP contribution in [0.15, 0.2) is 42.7 Å². The quantitative estimate of drug-likeness (QED) is 0.872. The first-order chi connectivity index (χ1) is 8.31. The summed E-state index contributed by atoms with van der Waals surface area (Å²) in [6.07, 6.45) is 2.42. The fourth-order valence-corrected chi connectivity index (χ4v) is 1.51. The number of aliphatic hydroxyl groups excluding tert-OH is 1. The zero-order valence-electron chi connectivity index (χ0n) is 9.58. The summed E-state index contributed by atoms with van der Waals surface area (Å²) in [4.78, 5) is 8.04. The molecule has 1 N–H and O–H groups in total. The van der Waals surface area contributed by atoms with Crippen molar-refractivity contribution >= 4 is 0 Å². The fourth-order valence-electron chi connectivity index (χ4n) is 1.51. The van der Waals surface area contributed by atoms with Crippen molar-refractivity contribution in [2.45, 2.75) is 13.0 Å². The van der Waals surface area contributed by atoms with E-state index in [0.29, 0.717) is 12.4 Å². The molecule has 2 aromatic rings. The first-order valence-corrected chi connectivity index (χ1v) is 5.49. The monoisotopic (exact) mass is 230 g/mol. The summed E-state index contributed by atoms with van der Waals surface area (Å²) >= 11 is 0. The molecule has 0 bridgehead atoms. The van der Waals surface area contributed by atoms with E-state index in [2.05, 4.69) is 9.97 Å². The SMILES string of the molecule is CCOc1ccc(C(O)c2ncccn2)cc1. The van der Waals surface area contributed by atoms with Gasteiger partial charge in [0.1, 0.15) is 11.9 Å². The second-order valence-electron chi connectivity index (χ2n) is 3.51. The average molecular weight is 230 g/mol. The molecule has 17 heavy (non-hydrogen) atoms. The van der Waals surface area contributed by atoms with Gasteiger partial charge < -0.3 is 9.84 Å². The third kappa shape index (κ3) is 2.79. The number of aliphatic hydroxyl groups is 1. The zero-order chi connectivity index (χ0) is 12.1. The van der Waals surface area contributed by atoms with Gasteiger partial charge in [-0.15, -0.1) is 0 Å². The molecule has 0 fully saturated rings. The van der Waals surface area contributed by atoms with E-state index in [1.165, 1.54) is 0 Å². The lowest BCUT2D eigenvalue weighted by atomic mass is 10.1. The minimum atomic E-state index is -0.799. The van der Waals surface area contributed by atoms with E-state index in [4.69, 9.17) is 4.74 Å². The second-order valence-corrected chi connectivity index (χ2v) is 3.51. The summed E-state index contributed by atoms with van der Waals surface area (Å²) in [5.74, 6) is 1.19. The predicted molar refractivity (Wildman–Crippen MR) is 63.7 cm³/mol. The Morgan fingerprint density at radius 2 is 1.82 bits per heavy atom. The minimum Gasteiger partial charge on any atom is -0.494 e. The Kier molecular flexibility index (Phi) is 3.67. The standard InChI is InChI=1S/C13H14N2O2/c1-2-17-11-6-4-10(5-7-11)12(16)13-14-8-3-9-15-13/h3-9,12,16H,2H2,1H3. The van der Waals surface area contributed by atoms with E-state index in [1.54, 1.807) is 18.5 Å². The maximum Gasteiger partial charge on any atom is 0.161 e. The Balaban J connectivity index is 2.17. The Bertz CT molecular complexity index is 457. The minimum absolute atomic E-state index is 0.400. The Morgan fingerprint density at radius 1 is 1.18 bits per heavy atom. The number of hydrogen-bond acceptors (Lipinski definition) is 4. The van der Waals surface area contributed by atoms with Crippen LogP contribution in [0.25, 0.3) is 0 Å². The molecular formula is C13H14N2O2. The Morgan fingerprint density at radius 3 is 2.41 bits per heavy atom. The number of benzene rings is 1. The van der Waals surface area contributed by atoms with Crippen LogP contribution < -0.4 is 4.74 Å². The van der Waals surface area contributed by atoms with E-state index < -0.39 is 6.10 Å². The normalized spacial score (nSPS) is 12.1. The molecule has 88 valence electrons. The van der Waals surface area contributed by atoms with Crippen LogP contribution in [0, 0.1) is 0 Å². The number of nitrogens with zero attached hydrogens (tertiary/aromatic N) is 2. The van der Waals surface area contributed by atoms with Crippen LogP contribution in [0.5, 0.6) is 5.75 Å². The molecule has 0 radical (unpaired) electrons. The van der Waals surface area contributed by atoms with E-state index in [1.807, 2.05) is 31.2 Å². The molecule has 2 rings (SSSR count). The van der Waals surface area contributed by atoms with Gasteiger partial charge in [-0.3, -0.25) is 0 Å². The number of rotatable bonds is 4. The third-order valence-corrected chi connectivity index (χ3v) is 2.34. The van der Waals surface area contributed by atoms with Crippen molar-refractivity contribution in [3.8, 4) is 5.75 Å². The van der Waals surface area contributed by atoms with Crippen LogP contribution in [-0.2, 0) is 0 Å². The Hall–Kier alpha value is -1.94. The van der Waals surface area contributed by atoms with Crippen molar-refractivity contribution in [1.29, 1.82) is 0 Å². The van der Waals surface area contributed by atoms with Gasteiger partial charge in [-0.1, -0.05) is 12.1 Å². The van der Waals surface area contributed by atoms with Crippen molar-refractivity contribution < 1.29 is 9.84 Å². The molecule has 4 nitrogen and oxygen atoms in total. The fraction of sp³-hybridized carbons (Fsp3) is 0.231.